The number of aliphatic imine (C=N–C) groups is 1. The number of hydrogen-bond donors (Lipinski definition) is 1. The Morgan fingerprint density at radius 3 is 2.50 bits per heavy atom. The molecule has 0 aliphatic carbocycles. The van der Waals surface area contributed by atoms with Crippen molar-refractivity contribution in [2.75, 3.05) is 34.4 Å². The van der Waals surface area contributed by atoms with Crippen molar-refractivity contribution in [3.63, 3.8) is 0 Å². The molecule has 0 aromatic heterocycles. The standard InChI is InChI=1S/C17H27N3O3.HI/c1-12-6-5-9-20(11-12)17(18)19-10-13-7-8-14(21-2)16(23-4)15(13)22-3;/h7-8,12H,5-6,9-11H2,1-4H3,(H2,18,19);1H. The lowest BCUT2D eigenvalue weighted by atomic mass is 10.0. The quantitative estimate of drug-likeness (QED) is 0.426. The molecule has 1 heterocycles. The van der Waals surface area contributed by atoms with Crippen molar-refractivity contribution in [1.82, 2.24) is 4.90 Å². The van der Waals surface area contributed by atoms with Gasteiger partial charge in [-0.25, -0.2) is 4.99 Å². The van der Waals surface area contributed by atoms with Crippen LogP contribution in [-0.4, -0.2) is 45.3 Å². The summed E-state index contributed by atoms with van der Waals surface area (Å²) in [5.74, 6) is 3.10. The van der Waals surface area contributed by atoms with Gasteiger partial charge in [-0.05, 0) is 30.9 Å². The van der Waals surface area contributed by atoms with Crippen molar-refractivity contribution in [3.05, 3.63) is 17.7 Å². The molecule has 24 heavy (non-hydrogen) atoms. The van der Waals surface area contributed by atoms with Crippen molar-refractivity contribution in [2.45, 2.75) is 26.3 Å². The number of nitrogens with zero attached hydrogens (tertiary/aromatic N) is 2. The monoisotopic (exact) mass is 449 g/mol. The third-order valence-corrected chi connectivity index (χ3v) is 4.18. The fourth-order valence-corrected chi connectivity index (χ4v) is 2.95. The van der Waals surface area contributed by atoms with Crippen LogP contribution in [0, 0.1) is 5.92 Å². The van der Waals surface area contributed by atoms with Crippen molar-refractivity contribution in [2.24, 2.45) is 16.6 Å². The zero-order chi connectivity index (χ0) is 16.8. The van der Waals surface area contributed by atoms with Crippen LogP contribution in [0.3, 0.4) is 0 Å². The number of guanidine groups is 1. The van der Waals surface area contributed by atoms with E-state index in [4.69, 9.17) is 19.9 Å². The van der Waals surface area contributed by atoms with E-state index >= 15 is 0 Å². The molecule has 0 saturated carbocycles. The summed E-state index contributed by atoms with van der Waals surface area (Å²) in [7, 11) is 4.81. The molecule has 0 amide bonds. The molecule has 1 atom stereocenters. The van der Waals surface area contributed by atoms with Gasteiger partial charge in [0.2, 0.25) is 5.75 Å². The third-order valence-electron chi connectivity index (χ3n) is 4.18. The van der Waals surface area contributed by atoms with E-state index in [1.165, 1.54) is 6.42 Å². The Labute approximate surface area is 161 Å². The molecule has 136 valence electrons. The van der Waals surface area contributed by atoms with E-state index in [2.05, 4.69) is 16.8 Å². The molecule has 0 bridgehead atoms. The zero-order valence-corrected chi connectivity index (χ0v) is 17.2. The van der Waals surface area contributed by atoms with E-state index in [0.29, 0.717) is 35.7 Å². The molecule has 1 aliphatic rings. The Morgan fingerprint density at radius 1 is 1.21 bits per heavy atom. The Balaban J connectivity index is 0.00000288. The summed E-state index contributed by atoms with van der Waals surface area (Å²) in [5.41, 5.74) is 7.07. The van der Waals surface area contributed by atoms with Gasteiger partial charge in [0, 0.05) is 18.7 Å². The van der Waals surface area contributed by atoms with Crippen LogP contribution in [0.1, 0.15) is 25.3 Å². The Kier molecular flexibility index (Phi) is 8.44. The fourth-order valence-electron chi connectivity index (χ4n) is 2.95. The molecular formula is C17H28IN3O3. The summed E-state index contributed by atoms with van der Waals surface area (Å²) in [6.45, 7) is 4.64. The largest absolute Gasteiger partial charge is 0.493 e. The molecule has 0 radical (unpaired) electrons. The van der Waals surface area contributed by atoms with Crippen molar-refractivity contribution in [1.29, 1.82) is 0 Å². The number of rotatable bonds is 5. The molecule has 1 aliphatic heterocycles. The second-order valence-electron chi connectivity index (χ2n) is 5.86. The molecule has 1 unspecified atom stereocenters. The highest BCUT2D eigenvalue weighted by atomic mass is 127. The topological polar surface area (TPSA) is 69.3 Å². The second-order valence-corrected chi connectivity index (χ2v) is 5.86. The SMILES string of the molecule is COc1ccc(CN=C(N)N2CCCC(C)C2)c(OC)c1OC.I. The van der Waals surface area contributed by atoms with Gasteiger partial charge in [0.15, 0.2) is 17.5 Å². The number of ether oxygens (including phenoxy) is 3. The molecule has 1 aromatic rings. The Bertz CT molecular complexity index is 566. The zero-order valence-electron chi connectivity index (χ0n) is 14.9. The molecule has 1 aromatic carbocycles. The van der Waals surface area contributed by atoms with Gasteiger partial charge in [-0.15, -0.1) is 24.0 Å². The van der Waals surface area contributed by atoms with Gasteiger partial charge in [-0.2, -0.15) is 0 Å². The molecule has 1 fully saturated rings. The lowest BCUT2D eigenvalue weighted by Gasteiger charge is -2.31. The summed E-state index contributed by atoms with van der Waals surface area (Å²) >= 11 is 0. The van der Waals surface area contributed by atoms with Gasteiger partial charge >= 0.3 is 0 Å². The van der Waals surface area contributed by atoms with Gasteiger partial charge in [0.25, 0.3) is 0 Å². The Hall–Kier alpha value is -1.38. The Morgan fingerprint density at radius 2 is 1.92 bits per heavy atom. The third kappa shape index (κ3) is 4.81. The van der Waals surface area contributed by atoms with Gasteiger partial charge in [-0.3, -0.25) is 0 Å². The molecule has 1 saturated heterocycles. The molecule has 7 heteroatoms. The number of hydrogen-bond acceptors (Lipinski definition) is 4. The van der Waals surface area contributed by atoms with Crippen molar-refractivity contribution >= 4 is 29.9 Å². The van der Waals surface area contributed by atoms with Gasteiger partial charge in [-0.1, -0.05) is 6.92 Å². The number of piperidine rings is 1. The van der Waals surface area contributed by atoms with E-state index in [9.17, 15) is 0 Å². The van der Waals surface area contributed by atoms with Crippen LogP contribution in [0.15, 0.2) is 17.1 Å². The lowest BCUT2D eigenvalue weighted by molar-refractivity contribution is 0.270. The summed E-state index contributed by atoms with van der Waals surface area (Å²) in [4.78, 5) is 6.69. The van der Waals surface area contributed by atoms with Gasteiger partial charge in [0.1, 0.15) is 0 Å². The first-order chi connectivity index (χ1) is 11.1. The maximum atomic E-state index is 6.16. The van der Waals surface area contributed by atoms with Crippen LogP contribution >= 0.6 is 24.0 Å². The molecular weight excluding hydrogens is 421 g/mol. The minimum absolute atomic E-state index is 0. The van der Waals surface area contributed by atoms with Crippen molar-refractivity contribution < 1.29 is 14.2 Å². The van der Waals surface area contributed by atoms with Crippen LogP contribution in [-0.2, 0) is 6.54 Å². The number of nitrogens with two attached hydrogens (primary N) is 1. The highest BCUT2D eigenvalue weighted by Crippen LogP contribution is 2.39. The van der Waals surface area contributed by atoms with Crippen LogP contribution in [0.5, 0.6) is 17.2 Å². The summed E-state index contributed by atoms with van der Waals surface area (Å²) < 4.78 is 16.2. The fraction of sp³-hybridized carbons (Fsp3) is 0.588. The van der Waals surface area contributed by atoms with E-state index in [0.717, 1.165) is 25.1 Å². The maximum Gasteiger partial charge on any atom is 0.203 e. The first-order valence-corrected chi connectivity index (χ1v) is 7.93. The average molecular weight is 449 g/mol. The lowest BCUT2D eigenvalue weighted by Crippen LogP contribution is -2.43. The highest BCUT2D eigenvalue weighted by Gasteiger charge is 2.19. The predicted octanol–water partition coefficient (Wildman–Crippen LogP) is 2.88. The summed E-state index contributed by atoms with van der Waals surface area (Å²) in [5, 5.41) is 0. The van der Waals surface area contributed by atoms with E-state index in [1.807, 2.05) is 12.1 Å². The molecule has 0 spiro atoms. The summed E-state index contributed by atoms with van der Waals surface area (Å²) in [6.07, 6.45) is 2.42. The van der Waals surface area contributed by atoms with Crippen LogP contribution in [0.2, 0.25) is 0 Å². The second kappa shape index (κ2) is 9.80. The molecule has 6 nitrogen and oxygen atoms in total. The number of likely N-dealkylation sites (tertiary alicyclic amines) is 1. The normalized spacial score (nSPS) is 17.9. The first-order valence-electron chi connectivity index (χ1n) is 7.93. The smallest absolute Gasteiger partial charge is 0.203 e. The van der Waals surface area contributed by atoms with Gasteiger partial charge in [0.05, 0.1) is 27.9 Å². The molecule has 2 rings (SSSR count). The highest BCUT2D eigenvalue weighted by molar-refractivity contribution is 14.0. The van der Waals surface area contributed by atoms with E-state index in [-0.39, 0.29) is 24.0 Å². The average Bonchev–Trinajstić information content (AvgIpc) is 2.58. The van der Waals surface area contributed by atoms with Crippen molar-refractivity contribution in [3.8, 4) is 17.2 Å². The first kappa shape index (κ1) is 20.7. The van der Waals surface area contributed by atoms with Crippen LogP contribution < -0.4 is 19.9 Å². The predicted molar refractivity (Wildman–Crippen MR) is 107 cm³/mol. The number of halogens is 1. The maximum absolute atomic E-state index is 6.16. The number of methoxy groups -OCH3 is 3. The number of benzene rings is 1. The minimum Gasteiger partial charge on any atom is -0.493 e. The van der Waals surface area contributed by atoms with E-state index < -0.39 is 0 Å². The minimum atomic E-state index is 0. The molecule has 2 N–H and O–H groups in total. The summed E-state index contributed by atoms with van der Waals surface area (Å²) in [6, 6.07) is 3.78. The van der Waals surface area contributed by atoms with E-state index in [1.54, 1.807) is 21.3 Å². The van der Waals surface area contributed by atoms with Gasteiger partial charge < -0.3 is 24.8 Å². The van der Waals surface area contributed by atoms with Crippen LogP contribution in [0.25, 0.3) is 0 Å². The van der Waals surface area contributed by atoms with Crippen LogP contribution in [0.4, 0.5) is 0 Å².